The summed E-state index contributed by atoms with van der Waals surface area (Å²) in [5.74, 6) is 5.42. The molecule has 3 aliphatic rings. The van der Waals surface area contributed by atoms with Crippen molar-refractivity contribution in [3.05, 3.63) is 46.5 Å². The number of ether oxygens (including phenoxy) is 4. The zero-order chi connectivity index (χ0) is 21.5. The average Bonchev–Trinajstić information content (AvgIpc) is 3.20. The van der Waals surface area contributed by atoms with Crippen LogP contribution in [-0.2, 0) is 19.3 Å². The molecule has 2 aromatic carbocycles. The molecule has 3 unspecified atom stereocenters. The molecule has 2 aliphatic carbocycles. The fourth-order valence-electron chi connectivity index (χ4n) is 5.78. The Kier molecular flexibility index (Phi) is 5.49. The van der Waals surface area contributed by atoms with Gasteiger partial charge in [0.25, 0.3) is 0 Å². The second-order valence-corrected chi connectivity index (χ2v) is 9.76. The highest BCUT2D eigenvalue weighted by atomic mass is 16.7. The number of fused-ring (bicyclic) bond motifs is 7. The lowest BCUT2D eigenvalue weighted by Gasteiger charge is -2.29. The predicted molar refractivity (Wildman–Crippen MR) is 122 cm³/mol. The van der Waals surface area contributed by atoms with Crippen LogP contribution in [0.1, 0.15) is 68.2 Å². The molecule has 2 aromatic rings. The van der Waals surface area contributed by atoms with E-state index in [2.05, 4.69) is 45.0 Å². The van der Waals surface area contributed by atoms with E-state index in [1.807, 2.05) is 0 Å². The molecule has 0 saturated heterocycles. The maximum absolute atomic E-state index is 6.34. The van der Waals surface area contributed by atoms with Gasteiger partial charge >= 0.3 is 0 Å². The summed E-state index contributed by atoms with van der Waals surface area (Å²) in [5, 5.41) is 0. The van der Waals surface area contributed by atoms with Gasteiger partial charge in [-0.05, 0) is 105 Å². The van der Waals surface area contributed by atoms with E-state index in [1.54, 1.807) is 7.11 Å². The van der Waals surface area contributed by atoms with Crippen molar-refractivity contribution in [1.29, 1.82) is 0 Å². The van der Waals surface area contributed by atoms with Crippen molar-refractivity contribution in [2.24, 2.45) is 11.8 Å². The lowest BCUT2D eigenvalue weighted by atomic mass is 9.76. The number of benzene rings is 2. The Morgan fingerprint density at radius 1 is 0.968 bits per heavy atom. The summed E-state index contributed by atoms with van der Waals surface area (Å²) in [6.07, 6.45) is 7.03. The number of hydrogen-bond acceptors (Lipinski definition) is 4. The number of hydrogen-bond donors (Lipinski definition) is 0. The van der Waals surface area contributed by atoms with Crippen LogP contribution >= 0.6 is 0 Å². The fourth-order valence-corrected chi connectivity index (χ4v) is 5.78. The number of aryl methyl sites for hydroxylation is 1. The largest absolute Gasteiger partial charge is 0.493 e. The molecule has 3 atom stereocenters. The summed E-state index contributed by atoms with van der Waals surface area (Å²) < 4.78 is 23.5. The standard InChI is InChI=1S/C27H34O4/c1-16(2)31-27-23-11-17(3)18-5-7-19(12-20(23)9-10-24(27)28-4)22-14-26-25(29-15-30-26)13-21(22)8-6-18/h9-10,13-14,16-19H,5-8,11-12,15H2,1-4H3. The van der Waals surface area contributed by atoms with Gasteiger partial charge in [0.2, 0.25) is 6.79 Å². The lowest BCUT2D eigenvalue weighted by molar-refractivity contribution is 0.174. The van der Waals surface area contributed by atoms with Crippen molar-refractivity contribution in [3.63, 3.8) is 0 Å². The highest BCUT2D eigenvalue weighted by Gasteiger charge is 2.32. The van der Waals surface area contributed by atoms with Gasteiger partial charge < -0.3 is 18.9 Å². The van der Waals surface area contributed by atoms with Gasteiger partial charge in [-0.25, -0.2) is 0 Å². The minimum atomic E-state index is 0.117. The predicted octanol–water partition coefficient (Wildman–Crippen LogP) is 6.07. The summed E-state index contributed by atoms with van der Waals surface area (Å²) in [6.45, 7) is 6.95. The Hall–Kier alpha value is -2.36. The van der Waals surface area contributed by atoms with Crippen molar-refractivity contribution in [3.8, 4) is 23.0 Å². The van der Waals surface area contributed by atoms with Crippen LogP contribution in [0.4, 0.5) is 0 Å². The molecule has 0 fully saturated rings. The molecule has 2 bridgehead atoms. The summed E-state index contributed by atoms with van der Waals surface area (Å²) >= 11 is 0. The zero-order valence-corrected chi connectivity index (χ0v) is 19.2. The van der Waals surface area contributed by atoms with Gasteiger partial charge in [-0.1, -0.05) is 13.0 Å². The maximum atomic E-state index is 6.34. The van der Waals surface area contributed by atoms with Gasteiger partial charge in [0.15, 0.2) is 23.0 Å². The third kappa shape index (κ3) is 3.86. The van der Waals surface area contributed by atoms with E-state index in [4.69, 9.17) is 18.9 Å². The molecule has 0 saturated carbocycles. The van der Waals surface area contributed by atoms with E-state index in [0.29, 0.717) is 24.5 Å². The second kappa shape index (κ2) is 8.29. The van der Waals surface area contributed by atoms with Crippen molar-refractivity contribution in [1.82, 2.24) is 0 Å². The molecule has 0 amide bonds. The van der Waals surface area contributed by atoms with E-state index < -0.39 is 0 Å². The van der Waals surface area contributed by atoms with Crippen LogP contribution in [0.2, 0.25) is 0 Å². The second-order valence-electron chi connectivity index (χ2n) is 9.76. The van der Waals surface area contributed by atoms with Crippen LogP contribution in [0.5, 0.6) is 23.0 Å². The Morgan fingerprint density at radius 2 is 1.77 bits per heavy atom. The Morgan fingerprint density at radius 3 is 2.55 bits per heavy atom. The van der Waals surface area contributed by atoms with Crippen LogP contribution in [-0.4, -0.2) is 20.0 Å². The molecule has 0 aromatic heterocycles. The SMILES string of the molecule is COc1ccc2c(c1OC(C)C)CC(C)C1CCc3cc4c(cc3C(CC1)C2)OCO4. The first-order valence-corrected chi connectivity index (χ1v) is 11.8. The van der Waals surface area contributed by atoms with E-state index >= 15 is 0 Å². The van der Waals surface area contributed by atoms with Gasteiger partial charge in [0, 0.05) is 5.56 Å². The topological polar surface area (TPSA) is 36.9 Å². The molecule has 1 aliphatic heterocycles. The Bertz CT molecular complexity index is 964. The first-order valence-electron chi connectivity index (χ1n) is 11.8. The van der Waals surface area contributed by atoms with Crippen LogP contribution < -0.4 is 18.9 Å². The molecule has 5 rings (SSSR count). The van der Waals surface area contributed by atoms with Crippen LogP contribution in [0, 0.1) is 11.8 Å². The van der Waals surface area contributed by atoms with Crippen molar-refractivity contribution >= 4 is 0 Å². The van der Waals surface area contributed by atoms with Gasteiger partial charge in [-0.3, -0.25) is 0 Å². The van der Waals surface area contributed by atoms with E-state index in [9.17, 15) is 0 Å². The van der Waals surface area contributed by atoms with Crippen LogP contribution in [0.25, 0.3) is 0 Å². The molecule has 4 nitrogen and oxygen atoms in total. The minimum Gasteiger partial charge on any atom is -0.493 e. The molecule has 1 heterocycles. The smallest absolute Gasteiger partial charge is 0.231 e. The van der Waals surface area contributed by atoms with Gasteiger partial charge in [0.1, 0.15) is 0 Å². The molecule has 0 N–H and O–H groups in total. The lowest BCUT2D eigenvalue weighted by Crippen LogP contribution is -2.19. The number of methoxy groups -OCH3 is 1. The Balaban J connectivity index is 1.63. The summed E-state index contributed by atoms with van der Waals surface area (Å²) in [6, 6.07) is 8.87. The third-order valence-electron chi connectivity index (χ3n) is 7.44. The monoisotopic (exact) mass is 422 g/mol. The minimum absolute atomic E-state index is 0.117. The highest BCUT2D eigenvalue weighted by molar-refractivity contribution is 5.54. The van der Waals surface area contributed by atoms with Crippen LogP contribution in [0.3, 0.4) is 0 Å². The summed E-state index contributed by atoms with van der Waals surface area (Å²) in [7, 11) is 1.74. The molecular weight excluding hydrogens is 388 g/mol. The molecular formula is C27H34O4. The maximum Gasteiger partial charge on any atom is 0.231 e. The normalized spacial score (nSPS) is 24.4. The van der Waals surface area contributed by atoms with Gasteiger partial charge in [0.05, 0.1) is 13.2 Å². The summed E-state index contributed by atoms with van der Waals surface area (Å²) in [5.41, 5.74) is 5.65. The first-order chi connectivity index (χ1) is 15.0. The molecule has 4 heteroatoms. The van der Waals surface area contributed by atoms with E-state index in [1.165, 1.54) is 41.5 Å². The molecule has 166 valence electrons. The van der Waals surface area contributed by atoms with E-state index in [0.717, 1.165) is 42.3 Å². The van der Waals surface area contributed by atoms with Crippen LogP contribution in [0.15, 0.2) is 24.3 Å². The van der Waals surface area contributed by atoms with Gasteiger partial charge in [-0.2, -0.15) is 0 Å². The van der Waals surface area contributed by atoms with Crippen molar-refractivity contribution in [2.75, 3.05) is 13.9 Å². The highest BCUT2D eigenvalue weighted by Crippen LogP contribution is 2.46. The first kappa shape index (κ1) is 20.5. The quantitative estimate of drug-likeness (QED) is 0.601. The van der Waals surface area contributed by atoms with Gasteiger partial charge in [-0.15, -0.1) is 0 Å². The molecule has 31 heavy (non-hydrogen) atoms. The van der Waals surface area contributed by atoms with Crippen molar-refractivity contribution in [2.45, 2.75) is 71.3 Å². The molecule has 0 spiro atoms. The number of rotatable bonds is 3. The summed E-state index contributed by atoms with van der Waals surface area (Å²) in [4.78, 5) is 0. The Labute approximate surface area is 185 Å². The van der Waals surface area contributed by atoms with E-state index in [-0.39, 0.29) is 6.10 Å². The molecule has 0 radical (unpaired) electrons. The fraction of sp³-hybridized carbons (Fsp3) is 0.556. The zero-order valence-electron chi connectivity index (χ0n) is 19.2. The average molecular weight is 423 g/mol. The third-order valence-corrected chi connectivity index (χ3v) is 7.44. The van der Waals surface area contributed by atoms with Crippen molar-refractivity contribution < 1.29 is 18.9 Å².